The molecule has 1 atom stereocenters. The van der Waals surface area contributed by atoms with Crippen molar-refractivity contribution in [3.8, 4) is 0 Å². The molecule has 8 nitrogen and oxygen atoms in total. The highest BCUT2D eigenvalue weighted by molar-refractivity contribution is 5.77. The maximum absolute atomic E-state index is 13.1. The summed E-state index contributed by atoms with van der Waals surface area (Å²) in [7, 11) is 1.50. The fourth-order valence-electron chi connectivity index (χ4n) is 2.27. The molecule has 0 fully saturated rings. The van der Waals surface area contributed by atoms with E-state index in [4.69, 9.17) is 18.9 Å². The van der Waals surface area contributed by atoms with Gasteiger partial charge in [-0.15, -0.1) is 0 Å². The SMILES string of the molecule is COCC(=O)NCCCCCOCCOCCCCCOCC(F)CNC=O. The molecule has 0 aliphatic heterocycles. The smallest absolute Gasteiger partial charge is 0.245 e. The van der Waals surface area contributed by atoms with E-state index in [1.54, 1.807) is 0 Å². The van der Waals surface area contributed by atoms with Gasteiger partial charge in [0, 0.05) is 33.5 Å². The van der Waals surface area contributed by atoms with Gasteiger partial charge in [0.05, 0.1) is 26.4 Å². The summed E-state index contributed by atoms with van der Waals surface area (Å²) in [6, 6.07) is 0. The van der Waals surface area contributed by atoms with Crippen molar-refractivity contribution in [1.82, 2.24) is 10.6 Å². The van der Waals surface area contributed by atoms with E-state index in [2.05, 4.69) is 10.6 Å². The second kappa shape index (κ2) is 22.0. The van der Waals surface area contributed by atoms with Crippen LogP contribution in [0.25, 0.3) is 0 Å². The number of hydrogen-bond acceptors (Lipinski definition) is 6. The molecule has 0 aromatic heterocycles. The summed E-state index contributed by atoms with van der Waals surface area (Å²) in [5, 5.41) is 5.06. The number of alkyl halides is 1. The molecule has 1 unspecified atom stereocenters. The predicted molar refractivity (Wildman–Crippen MR) is 104 cm³/mol. The third-order valence-electron chi connectivity index (χ3n) is 3.73. The summed E-state index contributed by atoms with van der Waals surface area (Å²) < 4.78 is 34.0. The Balaban J connectivity index is 3.10. The molecule has 28 heavy (non-hydrogen) atoms. The van der Waals surface area contributed by atoms with Crippen molar-refractivity contribution < 1.29 is 32.9 Å². The van der Waals surface area contributed by atoms with Crippen LogP contribution >= 0.6 is 0 Å². The Morgan fingerprint density at radius 2 is 1.54 bits per heavy atom. The number of carbonyl (C=O) groups excluding carboxylic acids is 2. The second-order valence-electron chi connectivity index (χ2n) is 6.33. The molecule has 0 aromatic carbocycles. The van der Waals surface area contributed by atoms with Gasteiger partial charge < -0.3 is 29.6 Å². The van der Waals surface area contributed by atoms with Crippen molar-refractivity contribution in [2.24, 2.45) is 0 Å². The second-order valence-corrected chi connectivity index (χ2v) is 6.33. The molecule has 0 saturated heterocycles. The minimum absolute atomic E-state index is 0.00743. The topological polar surface area (TPSA) is 95.1 Å². The molecule has 0 aliphatic rings. The zero-order chi connectivity index (χ0) is 20.7. The van der Waals surface area contributed by atoms with Gasteiger partial charge in [-0.2, -0.15) is 0 Å². The largest absolute Gasteiger partial charge is 0.379 e. The quantitative estimate of drug-likeness (QED) is 0.207. The average molecular weight is 409 g/mol. The van der Waals surface area contributed by atoms with Crippen LogP contribution in [0.3, 0.4) is 0 Å². The molecule has 0 aliphatic carbocycles. The first kappa shape index (κ1) is 26.7. The fraction of sp³-hybridized carbons (Fsp3) is 0.895. The van der Waals surface area contributed by atoms with Crippen molar-refractivity contribution in [3.63, 3.8) is 0 Å². The van der Waals surface area contributed by atoms with Crippen LogP contribution in [-0.2, 0) is 28.5 Å². The normalized spacial score (nSPS) is 11.9. The highest BCUT2D eigenvalue weighted by Gasteiger charge is 2.04. The number of halogens is 1. The molecule has 0 rings (SSSR count). The van der Waals surface area contributed by atoms with Gasteiger partial charge in [-0.25, -0.2) is 4.39 Å². The Kier molecular flexibility index (Phi) is 21.0. The molecule has 0 radical (unpaired) electrons. The van der Waals surface area contributed by atoms with Crippen molar-refractivity contribution in [3.05, 3.63) is 0 Å². The zero-order valence-electron chi connectivity index (χ0n) is 17.1. The third kappa shape index (κ3) is 21.0. The first-order valence-corrected chi connectivity index (χ1v) is 10.0. The summed E-state index contributed by atoms with van der Waals surface area (Å²) in [6.07, 6.45) is 4.98. The molecule has 0 saturated carbocycles. The van der Waals surface area contributed by atoms with E-state index < -0.39 is 6.17 Å². The van der Waals surface area contributed by atoms with Gasteiger partial charge in [-0.05, 0) is 38.5 Å². The lowest BCUT2D eigenvalue weighted by Gasteiger charge is -2.08. The van der Waals surface area contributed by atoms with E-state index in [0.29, 0.717) is 46.0 Å². The van der Waals surface area contributed by atoms with Gasteiger partial charge in [-0.3, -0.25) is 9.59 Å². The molecular formula is C19H37FN2O6. The Labute approximate surface area is 167 Å². The van der Waals surface area contributed by atoms with Crippen molar-refractivity contribution in [2.75, 3.05) is 66.4 Å². The van der Waals surface area contributed by atoms with Crippen LogP contribution in [0.5, 0.6) is 0 Å². The van der Waals surface area contributed by atoms with E-state index >= 15 is 0 Å². The van der Waals surface area contributed by atoms with Crippen LogP contribution in [0.4, 0.5) is 4.39 Å². The number of amides is 2. The van der Waals surface area contributed by atoms with E-state index in [9.17, 15) is 14.0 Å². The van der Waals surface area contributed by atoms with Crippen LogP contribution in [0.1, 0.15) is 38.5 Å². The molecule has 2 amide bonds. The number of unbranched alkanes of at least 4 members (excludes halogenated alkanes) is 4. The van der Waals surface area contributed by atoms with Gasteiger partial charge in [0.25, 0.3) is 0 Å². The van der Waals surface area contributed by atoms with E-state index in [1.165, 1.54) is 7.11 Å². The Morgan fingerprint density at radius 1 is 0.929 bits per heavy atom. The number of nitrogens with one attached hydrogen (secondary N) is 2. The van der Waals surface area contributed by atoms with Crippen LogP contribution in [0.15, 0.2) is 0 Å². The standard InChI is InChI=1S/C19H37FN2O6/c1-25-16-19(24)22-8-4-2-5-9-26-12-13-27-10-6-3-7-11-28-15-18(20)14-21-17-23/h17-18H,2-16H2,1H3,(H,21,23)(H,22,24). The molecule has 9 heteroatoms. The summed E-state index contributed by atoms with van der Waals surface area (Å²) in [4.78, 5) is 21.2. The summed E-state index contributed by atoms with van der Waals surface area (Å²) in [5.41, 5.74) is 0. The van der Waals surface area contributed by atoms with Gasteiger partial charge in [0.2, 0.25) is 12.3 Å². The molecule has 0 spiro atoms. The predicted octanol–water partition coefficient (Wildman–Crippen LogP) is 1.22. The number of carbonyl (C=O) groups is 2. The van der Waals surface area contributed by atoms with E-state index in [-0.39, 0.29) is 25.7 Å². The maximum atomic E-state index is 13.1. The monoisotopic (exact) mass is 408 g/mol. The van der Waals surface area contributed by atoms with Gasteiger partial charge >= 0.3 is 0 Å². The Morgan fingerprint density at radius 3 is 2.14 bits per heavy atom. The first-order chi connectivity index (χ1) is 13.7. The highest BCUT2D eigenvalue weighted by atomic mass is 19.1. The van der Waals surface area contributed by atoms with E-state index in [1.807, 2.05) is 0 Å². The number of methoxy groups -OCH3 is 1. The molecule has 0 heterocycles. The van der Waals surface area contributed by atoms with Crippen LogP contribution in [0.2, 0.25) is 0 Å². The van der Waals surface area contributed by atoms with E-state index in [0.717, 1.165) is 38.5 Å². The maximum Gasteiger partial charge on any atom is 0.245 e. The molecule has 2 N–H and O–H groups in total. The van der Waals surface area contributed by atoms with Crippen LogP contribution in [0, 0.1) is 0 Å². The molecular weight excluding hydrogens is 371 g/mol. The van der Waals surface area contributed by atoms with Crippen LogP contribution in [-0.4, -0.2) is 84.9 Å². The minimum Gasteiger partial charge on any atom is -0.379 e. The highest BCUT2D eigenvalue weighted by Crippen LogP contribution is 1.99. The molecule has 0 aromatic rings. The lowest BCUT2D eigenvalue weighted by molar-refractivity contribution is -0.124. The van der Waals surface area contributed by atoms with Gasteiger partial charge in [0.1, 0.15) is 12.8 Å². The number of hydrogen-bond donors (Lipinski definition) is 2. The van der Waals surface area contributed by atoms with Crippen LogP contribution < -0.4 is 10.6 Å². The average Bonchev–Trinajstić information content (AvgIpc) is 2.68. The van der Waals surface area contributed by atoms with Gasteiger partial charge in [-0.1, -0.05) is 0 Å². The lowest BCUT2D eigenvalue weighted by Crippen LogP contribution is -2.27. The summed E-state index contributed by atoms with van der Waals surface area (Å²) in [5.74, 6) is -0.0829. The Hall–Kier alpha value is -1.29. The minimum atomic E-state index is -1.16. The zero-order valence-corrected chi connectivity index (χ0v) is 17.1. The third-order valence-corrected chi connectivity index (χ3v) is 3.73. The van der Waals surface area contributed by atoms with Gasteiger partial charge in [0.15, 0.2) is 0 Å². The van der Waals surface area contributed by atoms with Crippen molar-refractivity contribution in [2.45, 2.75) is 44.7 Å². The first-order valence-electron chi connectivity index (χ1n) is 10.0. The lowest BCUT2D eigenvalue weighted by atomic mass is 10.2. The Bertz CT molecular complexity index is 363. The van der Waals surface area contributed by atoms with Crippen molar-refractivity contribution in [1.29, 1.82) is 0 Å². The molecule has 0 bridgehead atoms. The number of ether oxygens (including phenoxy) is 4. The summed E-state index contributed by atoms with van der Waals surface area (Å²) >= 11 is 0. The fourth-order valence-corrected chi connectivity index (χ4v) is 2.27. The summed E-state index contributed by atoms with van der Waals surface area (Å²) in [6.45, 7) is 3.84. The molecule has 166 valence electrons. The number of rotatable bonds is 22. The van der Waals surface area contributed by atoms with Crippen molar-refractivity contribution >= 4 is 12.3 Å².